The molecule has 0 aromatic carbocycles. The maximum absolute atomic E-state index is 11.4. The molecule has 0 bridgehead atoms. The van der Waals surface area contributed by atoms with Crippen LogP contribution in [0.4, 0.5) is 0 Å². The fraction of sp³-hybridized carbons (Fsp3) is 0.600. The highest BCUT2D eigenvalue weighted by molar-refractivity contribution is 6.30. The lowest BCUT2D eigenvalue weighted by Crippen LogP contribution is -2.26. The molecule has 1 aromatic heterocycles. The Morgan fingerprint density at radius 3 is 2.80 bits per heavy atom. The summed E-state index contributed by atoms with van der Waals surface area (Å²) in [6.45, 7) is 6.48. The van der Waals surface area contributed by atoms with Gasteiger partial charge in [0.25, 0.3) is 0 Å². The second kappa shape index (κ2) is 5.16. The summed E-state index contributed by atoms with van der Waals surface area (Å²) in [5, 5.41) is 6.15. The first-order chi connectivity index (χ1) is 7.06. The fourth-order valence-electron chi connectivity index (χ4n) is 1.18. The number of nitrogens with zero attached hydrogens (tertiary/aromatic N) is 2. The molecule has 0 fully saturated rings. The van der Waals surface area contributed by atoms with Crippen molar-refractivity contribution in [2.75, 3.05) is 6.54 Å². The van der Waals surface area contributed by atoms with E-state index in [0.29, 0.717) is 6.54 Å². The molecule has 1 aromatic rings. The Bertz CT molecular complexity index is 335. The normalized spacial score (nSPS) is 12.9. The minimum atomic E-state index is -0.655. The second-order valence-electron chi connectivity index (χ2n) is 3.60. The third-order valence-electron chi connectivity index (χ3n) is 2.02. The number of aromatic nitrogens is 2. The van der Waals surface area contributed by atoms with Crippen LogP contribution in [-0.2, 0) is 4.79 Å². The van der Waals surface area contributed by atoms with Crippen molar-refractivity contribution in [3.8, 4) is 0 Å². The van der Waals surface area contributed by atoms with Crippen LogP contribution in [0.1, 0.15) is 37.8 Å². The molecule has 0 saturated carbocycles. The van der Waals surface area contributed by atoms with Crippen molar-refractivity contribution in [2.24, 2.45) is 0 Å². The summed E-state index contributed by atoms with van der Waals surface area (Å²) in [6.07, 6.45) is 3.44. The standard InChI is InChI=1S/C10H16ClN3O/c1-4-12-10(15)9(11)8-5-13-14(6-8)7(2)3/h5-7,9H,4H2,1-3H3,(H,12,15). The zero-order valence-electron chi connectivity index (χ0n) is 9.20. The molecule has 0 aliphatic heterocycles. The first kappa shape index (κ1) is 12.0. The molecule has 84 valence electrons. The molecule has 1 rings (SSSR count). The minimum absolute atomic E-state index is 0.178. The van der Waals surface area contributed by atoms with Crippen LogP contribution in [0.2, 0.25) is 0 Å². The number of likely N-dealkylation sites (N-methyl/N-ethyl adjacent to an activating group) is 1. The smallest absolute Gasteiger partial charge is 0.242 e. The van der Waals surface area contributed by atoms with Gasteiger partial charge in [-0.05, 0) is 20.8 Å². The van der Waals surface area contributed by atoms with Crippen LogP contribution in [0.5, 0.6) is 0 Å². The average Bonchev–Trinajstić information content (AvgIpc) is 2.65. The van der Waals surface area contributed by atoms with Gasteiger partial charge in [-0.1, -0.05) is 0 Å². The van der Waals surface area contributed by atoms with E-state index in [4.69, 9.17) is 11.6 Å². The molecule has 15 heavy (non-hydrogen) atoms. The molecular weight excluding hydrogens is 214 g/mol. The molecule has 0 saturated heterocycles. The largest absolute Gasteiger partial charge is 0.355 e. The van der Waals surface area contributed by atoms with E-state index in [1.807, 2.05) is 20.8 Å². The van der Waals surface area contributed by atoms with Crippen LogP contribution in [0, 0.1) is 0 Å². The number of alkyl halides is 1. The van der Waals surface area contributed by atoms with Gasteiger partial charge in [0.2, 0.25) is 5.91 Å². The Balaban J connectivity index is 2.73. The molecule has 5 heteroatoms. The van der Waals surface area contributed by atoms with Gasteiger partial charge >= 0.3 is 0 Å². The lowest BCUT2D eigenvalue weighted by Gasteiger charge is -2.07. The zero-order chi connectivity index (χ0) is 11.4. The van der Waals surface area contributed by atoms with Gasteiger partial charge in [0.15, 0.2) is 0 Å². The number of hydrogen-bond acceptors (Lipinski definition) is 2. The number of nitrogens with one attached hydrogen (secondary N) is 1. The highest BCUT2D eigenvalue weighted by atomic mass is 35.5. The average molecular weight is 230 g/mol. The molecule has 1 atom stereocenters. The number of hydrogen-bond donors (Lipinski definition) is 1. The Labute approximate surface area is 94.6 Å². The van der Waals surface area contributed by atoms with Gasteiger partial charge < -0.3 is 5.32 Å². The van der Waals surface area contributed by atoms with Gasteiger partial charge in [0, 0.05) is 24.3 Å². The summed E-state index contributed by atoms with van der Waals surface area (Å²) in [5.74, 6) is -0.178. The van der Waals surface area contributed by atoms with Crippen molar-refractivity contribution in [1.82, 2.24) is 15.1 Å². The monoisotopic (exact) mass is 229 g/mol. The van der Waals surface area contributed by atoms with Gasteiger partial charge in [-0.3, -0.25) is 9.48 Å². The number of carbonyl (C=O) groups is 1. The van der Waals surface area contributed by atoms with Crippen LogP contribution in [-0.4, -0.2) is 22.2 Å². The molecule has 1 amide bonds. The van der Waals surface area contributed by atoms with E-state index in [1.165, 1.54) is 0 Å². The van der Waals surface area contributed by atoms with Crippen molar-refractivity contribution in [3.63, 3.8) is 0 Å². The van der Waals surface area contributed by atoms with Crippen LogP contribution in [0.15, 0.2) is 12.4 Å². The van der Waals surface area contributed by atoms with Crippen LogP contribution < -0.4 is 5.32 Å². The highest BCUT2D eigenvalue weighted by Crippen LogP contribution is 2.20. The Morgan fingerprint density at radius 2 is 2.33 bits per heavy atom. The highest BCUT2D eigenvalue weighted by Gasteiger charge is 2.18. The molecular formula is C10H16ClN3O. The lowest BCUT2D eigenvalue weighted by molar-refractivity contribution is -0.120. The van der Waals surface area contributed by atoms with E-state index in [1.54, 1.807) is 17.1 Å². The summed E-state index contributed by atoms with van der Waals surface area (Å²) in [5.41, 5.74) is 0.733. The molecule has 4 nitrogen and oxygen atoms in total. The first-order valence-electron chi connectivity index (χ1n) is 5.02. The Morgan fingerprint density at radius 1 is 1.67 bits per heavy atom. The van der Waals surface area contributed by atoms with Gasteiger partial charge in [0.1, 0.15) is 5.38 Å². The van der Waals surface area contributed by atoms with Gasteiger partial charge in [-0.15, -0.1) is 11.6 Å². The molecule has 1 heterocycles. The summed E-state index contributed by atoms with van der Waals surface area (Å²) >= 11 is 5.99. The molecule has 1 unspecified atom stereocenters. The quantitative estimate of drug-likeness (QED) is 0.802. The Kier molecular flexibility index (Phi) is 4.15. The molecule has 1 N–H and O–H groups in total. The first-order valence-corrected chi connectivity index (χ1v) is 5.45. The SMILES string of the molecule is CCNC(=O)C(Cl)c1cnn(C(C)C)c1. The van der Waals surface area contributed by atoms with E-state index in [2.05, 4.69) is 10.4 Å². The van der Waals surface area contributed by atoms with Crippen LogP contribution >= 0.6 is 11.6 Å². The predicted molar refractivity (Wildman–Crippen MR) is 59.9 cm³/mol. The van der Waals surface area contributed by atoms with E-state index in [-0.39, 0.29) is 11.9 Å². The number of rotatable bonds is 4. The predicted octanol–water partition coefficient (Wildman–Crippen LogP) is 1.88. The molecule has 0 aliphatic rings. The molecule has 0 radical (unpaired) electrons. The van der Waals surface area contributed by atoms with Crippen LogP contribution in [0.25, 0.3) is 0 Å². The minimum Gasteiger partial charge on any atom is -0.355 e. The lowest BCUT2D eigenvalue weighted by atomic mass is 10.2. The van der Waals surface area contributed by atoms with Crippen molar-refractivity contribution >= 4 is 17.5 Å². The van der Waals surface area contributed by atoms with Gasteiger partial charge in [0.05, 0.1) is 6.20 Å². The summed E-state index contributed by atoms with van der Waals surface area (Å²) in [6, 6.07) is 0.275. The maximum atomic E-state index is 11.4. The third-order valence-corrected chi connectivity index (χ3v) is 2.47. The van der Waals surface area contributed by atoms with Gasteiger partial charge in [-0.2, -0.15) is 5.10 Å². The zero-order valence-corrected chi connectivity index (χ0v) is 9.95. The number of carbonyl (C=O) groups excluding carboxylic acids is 1. The molecule has 0 aliphatic carbocycles. The summed E-state index contributed by atoms with van der Waals surface area (Å²) < 4.78 is 1.78. The van der Waals surface area contributed by atoms with Crippen molar-refractivity contribution in [2.45, 2.75) is 32.2 Å². The van der Waals surface area contributed by atoms with E-state index >= 15 is 0 Å². The third kappa shape index (κ3) is 2.96. The fourth-order valence-corrected chi connectivity index (χ4v) is 1.37. The van der Waals surface area contributed by atoms with Crippen molar-refractivity contribution in [1.29, 1.82) is 0 Å². The van der Waals surface area contributed by atoms with Crippen LogP contribution in [0.3, 0.4) is 0 Å². The Hall–Kier alpha value is -1.03. The topological polar surface area (TPSA) is 46.9 Å². The van der Waals surface area contributed by atoms with E-state index < -0.39 is 5.38 Å². The second-order valence-corrected chi connectivity index (χ2v) is 4.04. The summed E-state index contributed by atoms with van der Waals surface area (Å²) in [7, 11) is 0. The van der Waals surface area contributed by atoms with Gasteiger partial charge in [-0.25, -0.2) is 0 Å². The number of amides is 1. The van der Waals surface area contributed by atoms with E-state index in [9.17, 15) is 4.79 Å². The van der Waals surface area contributed by atoms with E-state index in [0.717, 1.165) is 5.56 Å². The maximum Gasteiger partial charge on any atom is 0.242 e. The number of halogens is 1. The summed E-state index contributed by atoms with van der Waals surface area (Å²) in [4.78, 5) is 11.4. The van der Waals surface area contributed by atoms with Crippen molar-refractivity contribution < 1.29 is 4.79 Å². The molecule has 0 spiro atoms. The van der Waals surface area contributed by atoms with Crippen molar-refractivity contribution in [3.05, 3.63) is 18.0 Å².